The Morgan fingerprint density at radius 2 is 2.12 bits per heavy atom. The zero-order valence-corrected chi connectivity index (χ0v) is 11.0. The van der Waals surface area contributed by atoms with E-state index in [1.165, 1.54) is 6.20 Å². The molecule has 3 nitrogen and oxygen atoms in total. The summed E-state index contributed by atoms with van der Waals surface area (Å²) in [4.78, 5) is 0. The molecule has 92 valence electrons. The molecule has 0 atom stereocenters. The largest absolute Gasteiger partial charge is 0.408 e. The number of alkyl halides is 3. The molecule has 1 aromatic rings. The van der Waals surface area contributed by atoms with Crippen molar-refractivity contribution in [1.29, 1.82) is 0 Å². The first kappa shape index (κ1) is 13.8. The number of halogens is 4. The van der Waals surface area contributed by atoms with Gasteiger partial charge in [-0.25, -0.2) is 0 Å². The molecule has 1 aromatic heterocycles. The van der Waals surface area contributed by atoms with Gasteiger partial charge in [0.05, 0.1) is 16.3 Å². The number of hydrogen-bond donors (Lipinski definition) is 0. The minimum absolute atomic E-state index is 0.0311. The number of hydrogen-bond acceptors (Lipinski definition) is 2. The second-order valence-corrected chi connectivity index (χ2v) is 4.76. The van der Waals surface area contributed by atoms with Crippen LogP contribution in [0.5, 0.6) is 0 Å². The predicted molar refractivity (Wildman–Crippen MR) is 60.9 cm³/mol. The third kappa shape index (κ3) is 4.69. The Kier molecular flexibility index (Phi) is 4.60. The van der Waals surface area contributed by atoms with E-state index in [0.717, 1.165) is 4.68 Å². The Labute approximate surface area is 105 Å². The van der Waals surface area contributed by atoms with Crippen molar-refractivity contribution < 1.29 is 17.9 Å². The maximum absolute atomic E-state index is 12.1. The zero-order chi connectivity index (χ0) is 12.3. The zero-order valence-electron chi connectivity index (χ0n) is 8.88. The van der Waals surface area contributed by atoms with E-state index in [-0.39, 0.29) is 12.7 Å². The topological polar surface area (TPSA) is 27.1 Å². The van der Waals surface area contributed by atoms with Crippen molar-refractivity contribution in [2.75, 3.05) is 0 Å². The van der Waals surface area contributed by atoms with Crippen molar-refractivity contribution in [3.63, 3.8) is 0 Å². The first-order valence-corrected chi connectivity index (χ1v) is 5.76. The third-order valence-electron chi connectivity index (χ3n) is 1.68. The van der Waals surface area contributed by atoms with E-state index >= 15 is 0 Å². The standard InChI is InChI=1S/C9H12F3IN2O/c1-6(2)16-4-8-7(13)3-15(14-8)5-9(10,11)12/h3,6H,4-5H2,1-2H3. The summed E-state index contributed by atoms with van der Waals surface area (Å²) >= 11 is 1.95. The molecule has 7 heteroatoms. The summed E-state index contributed by atoms with van der Waals surface area (Å²) in [6.45, 7) is 2.89. The van der Waals surface area contributed by atoms with Crippen LogP contribution < -0.4 is 0 Å². The highest BCUT2D eigenvalue weighted by Gasteiger charge is 2.28. The average molecular weight is 348 g/mol. The number of aromatic nitrogens is 2. The van der Waals surface area contributed by atoms with Crippen molar-refractivity contribution in [2.45, 2.75) is 39.3 Å². The van der Waals surface area contributed by atoms with Crippen molar-refractivity contribution in [3.05, 3.63) is 15.5 Å². The van der Waals surface area contributed by atoms with E-state index in [0.29, 0.717) is 9.26 Å². The molecule has 0 aliphatic rings. The number of rotatable bonds is 4. The summed E-state index contributed by atoms with van der Waals surface area (Å²) in [6, 6.07) is 0. The summed E-state index contributed by atoms with van der Waals surface area (Å²) in [6.07, 6.45) is -2.85. The monoisotopic (exact) mass is 348 g/mol. The van der Waals surface area contributed by atoms with E-state index in [1.54, 1.807) is 0 Å². The Hall–Kier alpha value is -0.310. The lowest BCUT2D eigenvalue weighted by Crippen LogP contribution is -2.18. The van der Waals surface area contributed by atoms with Crippen LogP contribution in [0.25, 0.3) is 0 Å². The molecule has 0 spiro atoms. The molecule has 0 fully saturated rings. The van der Waals surface area contributed by atoms with Gasteiger partial charge in [-0.05, 0) is 36.4 Å². The van der Waals surface area contributed by atoms with Gasteiger partial charge in [-0.3, -0.25) is 4.68 Å². The molecule has 0 bridgehead atoms. The van der Waals surface area contributed by atoms with E-state index in [1.807, 2.05) is 36.4 Å². The Bertz CT molecular complexity index is 349. The molecule has 0 unspecified atom stereocenters. The van der Waals surface area contributed by atoms with Gasteiger partial charge in [0.25, 0.3) is 0 Å². The lowest BCUT2D eigenvalue weighted by Gasteiger charge is -2.06. The summed E-state index contributed by atoms with van der Waals surface area (Å²) in [5, 5.41) is 3.83. The van der Waals surface area contributed by atoms with Crippen LogP contribution >= 0.6 is 22.6 Å². The molecule has 16 heavy (non-hydrogen) atoms. The fourth-order valence-electron chi connectivity index (χ4n) is 1.05. The van der Waals surface area contributed by atoms with Crippen LogP contribution in [0.2, 0.25) is 0 Å². The molecule has 0 saturated carbocycles. The first-order chi connectivity index (χ1) is 7.28. The van der Waals surface area contributed by atoms with Crippen LogP contribution in [0.15, 0.2) is 6.20 Å². The van der Waals surface area contributed by atoms with Crippen LogP contribution in [0.1, 0.15) is 19.5 Å². The van der Waals surface area contributed by atoms with E-state index in [4.69, 9.17) is 4.74 Å². The minimum Gasteiger partial charge on any atom is -0.372 e. The smallest absolute Gasteiger partial charge is 0.372 e. The molecule has 0 radical (unpaired) electrons. The molecular weight excluding hydrogens is 336 g/mol. The SMILES string of the molecule is CC(C)OCc1nn(CC(F)(F)F)cc1I. The summed E-state index contributed by atoms with van der Waals surface area (Å²) < 4.78 is 43.2. The highest BCUT2D eigenvalue weighted by molar-refractivity contribution is 14.1. The highest BCUT2D eigenvalue weighted by atomic mass is 127. The van der Waals surface area contributed by atoms with Gasteiger partial charge in [0.2, 0.25) is 0 Å². The van der Waals surface area contributed by atoms with Crippen LogP contribution in [-0.2, 0) is 17.9 Å². The third-order valence-corrected chi connectivity index (χ3v) is 2.58. The van der Waals surface area contributed by atoms with Gasteiger partial charge < -0.3 is 4.74 Å². The summed E-state index contributed by atoms with van der Waals surface area (Å²) in [5.74, 6) is 0. The van der Waals surface area contributed by atoms with E-state index in [9.17, 15) is 13.2 Å². The van der Waals surface area contributed by atoms with Crippen molar-refractivity contribution in [1.82, 2.24) is 9.78 Å². The van der Waals surface area contributed by atoms with Gasteiger partial charge >= 0.3 is 6.18 Å². The van der Waals surface area contributed by atoms with Crippen LogP contribution in [0.3, 0.4) is 0 Å². The molecule has 0 aliphatic heterocycles. The molecule has 0 N–H and O–H groups in total. The Balaban J connectivity index is 2.66. The summed E-state index contributed by atoms with van der Waals surface area (Å²) in [5.41, 5.74) is 0.540. The highest BCUT2D eigenvalue weighted by Crippen LogP contribution is 2.19. The molecular formula is C9H12F3IN2O. The second-order valence-electron chi connectivity index (χ2n) is 3.60. The van der Waals surface area contributed by atoms with Gasteiger partial charge in [0, 0.05) is 6.20 Å². The van der Waals surface area contributed by atoms with E-state index < -0.39 is 12.7 Å². The fraction of sp³-hybridized carbons (Fsp3) is 0.667. The normalized spacial score (nSPS) is 12.4. The average Bonchev–Trinajstić information content (AvgIpc) is 2.39. The molecule has 1 rings (SSSR count). The first-order valence-electron chi connectivity index (χ1n) is 4.68. The molecule has 0 aliphatic carbocycles. The van der Waals surface area contributed by atoms with Crippen LogP contribution in [0, 0.1) is 3.57 Å². The van der Waals surface area contributed by atoms with Crippen LogP contribution in [0.4, 0.5) is 13.2 Å². The van der Waals surface area contributed by atoms with Gasteiger partial charge in [-0.2, -0.15) is 18.3 Å². The van der Waals surface area contributed by atoms with Crippen LogP contribution in [-0.4, -0.2) is 22.1 Å². The lowest BCUT2D eigenvalue weighted by atomic mass is 10.4. The van der Waals surface area contributed by atoms with Gasteiger partial charge in [-0.1, -0.05) is 0 Å². The Morgan fingerprint density at radius 1 is 1.50 bits per heavy atom. The van der Waals surface area contributed by atoms with Crippen molar-refractivity contribution in [2.24, 2.45) is 0 Å². The fourth-order valence-corrected chi connectivity index (χ4v) is 1.63. The minimum atomic E-state index is -4.24. The van der Waals surface area contributed by atoms with Gasteiger partial charge in [-0.15, -0.1) is 0 Å². The van der Waals surface area contributed by atoms with Crippen molar-refractivity contribution in [3.8, 4) is 0 Å². The lowest BCUT2D eigenvalue weighted by molar-refractivity contribution is -0.142. The maximum atomic E-state index is 12.1. The predicted octanol–water partition coefficient (Wildman–Crippen LogP) is 2.98. The number of nitrogens with zero attached hydrogens (tertiary/aromatic N) is 2. The molecule has 0 aromatic carbocycles. The van der Waals surface area contributed by atoms with Crippen molar-refractivity contribution >= 4 is 22.6 Å². The molecule has 0 saturated heterocycles. The second kappa shape index (κ2) is 5.35. The van der Waals surface area contributed by atoms with E-state index in [2.05, 4.69) is 5.10 Å². The molecule has 0 amide bonds. The molecule has 1 heterocycles. The van der Waals surface area contributed by atoms with Gasteiger partial charge in [0.15, 0.2) is 0 Å². The maximum Gasteiger partial charge on any atom is 0.408 e. The van der Waals surface area contributed by atoms with Gasteiger partial charge in [0.1, 0.15) is 12.2 Å². The number of ether oxygens (including phenoxy) is 1. The Morgan fingerprint density at radius 3 is 2.62 bits per heavy atom. The summed E-state index contributed by atoms with van der Waals surface area (Å²) in [7, 11) is 0. The quantitative estimate of drug-likeness (QED) is 0.783.